The molecule has 2 rings (SSSR count). The van der Waals surface area contributed by atoms with E-state index in [9.17, 15) is 30.7 Å². The van der Waals surface area contributed by atoms with Crippen LogP contribution in [-0.4, -0.2) is 6.36 Å². The summed E-state index contributed by atoms with van der Waals surface area (Å²) < 4.78 is 92.0. The van der Waals surface area contributed by atoms with Gasteiger partial charge < -0.3 is 4.74 Å². The Balaban J connectivity index is 2.52. The Morgan fingerprint density at radius 3 is 2.08 bits per heavy atom. The molecule has 2 nitrogen and oxygen atoms in total. The minimum Gasteiger partial charge on any atom is -0.406 e. The van der Waals surface area contributed by atoms with E-state index >= 15 is 0 Å². The summed E-state index contributed by atoms with van der Waals surface area (Å²) in [5.41, 5.74) is -2.13. The number of ether oxygens (including phenoxy) is 1. The van der Waals surface area contributed by atoms with Gasteiger partial charge >= 0.3 is 12.5 Å². The summed E-state index contributed by atoms with van der Waals surface area (Å²) in [6, 6.07) is 5.74. The van der Waals surface area contributed by atoms with Crippen molar-refractivity contribution in [1.82, 2.24) is 0 Å². The van der Waals surface area contributed by atoms with Crippen LogP contribution in [0, 0.1) is 17.1 Å². The van der Waals surface area contributed by atoms with Crippen LogP contribution < -0.4 is 4.74 Å². The van der Waals surface area contributed by atoms with Crippen molar-refractivity contribution >= 4 is 0 Å². The Morgan fingerprint density at radius 2 is 1.58 bits per heavy atom. The Kier molecular flexibility index (Phi) is 4.42. The van der Waals surface area contributed by atoms with Gasteiger partial charge in [0.25, 0.3) is 0 Å². The van der Waals surface area contributed by atoms with Gasteiger partial charge in [0.05, 0.1) is 17.2 Å². The zero-order chi connectivity index (χ0) is 18.1. The smallest absolute Gasteiger partial charge is 0.406 e. The van der Waals surface area contributed by atoms with Crippen molar-refractivity contribution in [1.29, 1.82) is 5.26 Å². The summed E-state index contributed by atoms with van der Waals surface area (Å²) in [6.45, 7) is 0. The fraction of sp³-hybridized carbons (Fsp3) is 0.133. The maximum atomic E-state index is 13.9. The summed E-state index contributed by atoms with van der Waals surface area (Å²) in [4.78, 5) is 0. The molecule has 0 aliphatic carbocycles. The summed E-state index contributed by atoms with van der Waals surface area (Å²) in [6.07, 6.45) is -9.80. The van der Waals surface area contributed by atoms with Gasteiger partial charge in [0.15, 0.2) is 0 Å². The van der Waals surface area contributed by atoms with E-state index in [1.807, 2.05) is 0 Å². The molecule has 0 saturated heterocycles. The maximum Gasteiger partial charge on any atom is 0.573 e. The highest BCUT2D eigenvalue weighted by atomic mass is 19.4. The molecule has 0 spiro atoms. The number of benzene rings is 2. The highest BCUT2D eigenvalue weighted by molar-refractivity contribution is 5.68. The molecular formula is C15H6F7NO. The number of nitrogens with zero attached hydrogens (tertiary/aromatic N) is 1. The number of nitriles is 1. The second-order valence-corrected chi connectivity index (χ2v) is 4.60. The predicted molar refractivity (Wildman–Crippen MR) is 68.2 cm³/mol. The molecule has 0 N–H and O–H groups in total. The topological polar surface area (TPSA) is 33.0 Å². The van der Waals surface area contributed by atoms with Gasteiger partial charge in [-0.15, -0.1) is 13.2 Å². The van der Waals surface area contributed by atoms with Gasteiger partial charge in [0, 0.05) is 5.56 Å². The lowest BCUT2D eigenvalue weighted by Gasteiger charge is -2.12. The van der Waals surface area contributed by atoms with Gasteiger partial charge in [0.1, 0.15) is 11.6 Å². The van der Waals surface area contributed by atoms with Gasteiger partial charge in [-0.1, -0.05) is 6.07 Å². The first-order chi connectivity index (χ1) is 11.0. The van der Waals surface area contributed by atoms with Gasteiger partial charge in [-0.3, -0.25) is 0 Å². The maximum absolute atomic E-state index is 13.9. The lowest BCUT2D eigenvalue weighted by atomic mass is 10.0. The molecule has 126 valence electrons. The van der Waals surface area contributed by atoms with Gasteiger partial charge in [0.2, 0.25) is 0 Å². The van der Waals surface area contributed by atoms with Crippen molar-refractivity contribution < 1.29 is 35.5 Å². The third-order valence-corrected chi connectivity index (χ3v) is 2.88. The molecule has 2 aromatic rings. The number of rotatable bonds is 2. The van der Waals surface area contributed by atoms with Gasteiger partial charge in [-0.05, 0) is 35.9 Å². The van der Waals surface area contributed by atoms with Crippen molar-refractivity contribution in [2.75, 3.05) is 0 Å². The number of halogens is 7. The number of hydrogen-bond acceptors (Lipinski definition) is 2. The monoisotopic (exact) mass is 349 g/mol. The van der Waals surface area contributed by atoms with Gasteiger partial charge in [-0.2, -0.15) is 18.4 Å². The molecule has 0 atom stereocenters. The molecule has 0 aliphatic heterocycles. The SMILES string of the molecule is N#Cc1cc(OC(F)(F)F)cc(-c2ccc(C(F)(F)F)cc2F)c1. The molecule has 0 unspecified atom stereocenters. The largest absolute Gasteiger partial charge is 0.573 e. The van der Waals surface area contributed by atoms with Crippen LogP contribution in [0.2, 0.25) is 0 Å². The first-order valence-electron chi connectivity index (χ1n) is 6.17. The van der Waals surface area contributed by atoms with Crippen molar-refractivity contribution in [3.8, 4) is 22.9 Å². The molecule has 24 heavy (non-hydrogen) atoms. The van der Waals surface area contributed by atoms with E-state index < -0.39 is 35.2 Å². The molecular weight excluding hydrogens is 343 g/mol. The van der Waals surface area contributed by atoms with Crippen LogP contribution >= 0.6 is 0 Å². The van der Waals surface area contributed by atoms with Crippen LogP contribution in [0.15, 0.2) is 36.4 Å². The molecule has 9 heteroatoms. The normalized spacial score (nSPS) is 11.9. The van der Waals surface area contributed by atoms with Crippen LogP contribution in [0.25, 0.3) is 11.1 Å². The van der Waals surface area contributed by atoms with Crippen molar-refractivity contribution in [2.24, 2.45) is 0 Å². The van der Waals surface area contributed by atoms with E-state index in [1.54, 1.807) is 6.07 Å². The highest BCUT2D eigenvalue weighted by Crippen LogP contribution is 2.35. The predicted octanol–water partition coefficient (Wildman–Crippen LogP) is 5.28. The Morgan fingerprint density at radius 1 is 0.917 bits per heavy atom. The van der Waals surface area contributed by atoms with Crippen LogP contribution in [0.3, 0.4) is 0 Å². The number of hydrogen-bond donors (Lipinski definition) is 0. The van der Waals surface area contributed by atoms with Crippen molar-refractivity contribution in [3.63, 3.8) is 0 Å². The van der Waals surface area contributed by atoms with Crippen LogP contribution in [0.1, 0.15) is 11.1 Å². The summed E-state index contributed by atoms with van der Waals surface area (Å²) in [5, 5.41) is 8.82. The Labute approximate surface area is 130 Å². The fourth-order valence-corrected chi connectivity index (χ4v) is 1.94. The highest BCUT2D eigenvalue weighted by Gasteiger charge is 2.32. The van der Waals surface area contributed by atoms with E-state index in [4.69, 9.17) is 5.26 Å². The van der Waals surface area contributed by atoms with E-state index in [2.05, 4.69) is 4.74 Å². The molecule has 0 radical (unpaired) electrons. The Hall–Kier alpha value is -2.76. The van der Waals surface area contributed by atoms with Crippen molar-refractivity contribution in [2.45, 2.75) is 12.5 Å². The molecule has 0 aromatic heterocycles. The molecule has 2 aromatic carbocycles. The number of alkyl halides is 6. The summed E-state index contributed by atoms with van der Waals surface area (Å²) in [5.74, 6) is -2.08. The quantitative estimate of drug-likeness (QED) is 0.691. The zero-order valence-electron chi connectivity index (χ0n) is 11.5. The average molecular weight is 349 g/mol. The Bertz CT molecular complexity index is 803. The van der Waals surface area contributed by atoms with Crippen LogP contribution in [0.4, 0.5) is 30.7 Å². The minimum absolute atomic E-state index is 0.221. The average Bonchev–Trinajstić information content (AvgIpc) is 2.43. The lowest BCUT2D eigenvalue weighted by Crippen LogP contribution is -2.17. The van der Waals surface area contributed by atoms with E-state index in [1.165, 1.54) is 0 Å². The van der Waals surface area contributed by atoms with Crippen molar-refractivity contribution in [3.05, 3.63) is 53.3 Å². The first-order valence-corrected chi connectivity index (χ1v) is 6.17. The summed E-state index contributed by atoms with van der Waals surface area (Å²) >= 11 is 0. The lowest BCUT2D eigenvalue weighted by molar-refractivity contribution is -0.274. The third kappa shape index (κ3) is 4.16. The standard InChI is InChI=1S/C15H6F7NO/c16-13-6-10(14(17,18)19)1-2-12(13)9-3-8(7-23)4-11(5-9)24-15(20,21)22/h1-6H. The third-order valence-electron chi connectivity index (χ3n) is 2.88. The van der Waals surface area contributed by atoms with E-state index in [-0.39, 0.29) is 17.2 Å². The molecule has 0 fully saturated rings. The summed E-state index contributed by atoms with van der Waals surface area (Å²) in [7, 11) is 0. The first kappa shape index (κ1) is 17.6. The molecule has 0 aliphatic rings. The second kappa shape index (κ2) is 6.03. The molecule has 0 heterocycles. The van der Waals surface area contributed by atoms with E-state index in [0.717, 1.165) is 24.3 Å². The second-order valence-electron chi connectivity index (χ2n) is 4.60. The molecule has 0 amide bonds. The minimum atomic E-state index is -5.04. The zero-order valence-corrected chi connectivity index (χ0v) is 11.5. The molecule has 0 saturated carbocycles. The fourth-order valence-electron chi connectivity index (χ4n) is 1.94. The van der Waals surface area contributed by atoms with Crippen LogP contribution in [-0.2, 0) is 6.18 Å². The van der Waals surface area contributed by atoms with E-state index in [0.29, 0.717) is 6.07 Å². The van der Waals surface area contributed by atoms with Crippen LogP contribution in [0.5, 0.6) is 5.75 Å². The molecule has 0 bridgehead atoms. The van der Waals surface area contributed by atoms with Gasteiger partial charge in [-0.25, -0.2) is 4.39 Å².